The average Bonchev–Trinajstić information content (AvgIpc) is 2.95. The van der Waals surface area contributed by atoms with Crippen LogP contribution < -0.4 is 5.32 Å². The largest absolute Gasteiger partial charge is 0.466 e. The number of carbonyl (C=O) groups excluding carboxylic acids is 2. The summed E-state index contributed by atoms with van der Waals surface area (Å²) >= 11 is 0. The molecule has 3 aromatic carbocycles. The average molecular weight is 525 g/mol. The van der Waals surface area contributed by atoms with Crippen molar-refractivity contribution in [2.24, 2.45) is 0 Å². The molecule has 0 amide bonds. The number of carbonyl (C=O) groups is 2. The molecular formula is C31H28N2O6. The molecule has 0 aromatic heterocycles. The van der Waals surface area contributed by atoms with Crippen molar-refractivity contribution < 1.29 is 24.0 Å². The monoisotopic (exact) mass is 524 g/mol. The number of methoxy groups -OCH3 is 1. The van der Waals surface area contributed by atoms with E-state index in [0.29, 0.717) is 17.0 Å². The summed E-state index contributed by atoms with van der Waals surface area (Å²) in [5.74, 6) is -2.23. The number of dihydropyridines is 1. The molecule has 0 radical (unpaired) electrons. The van der Waals surface area contributed by atoms with E-state index in [1.165, 1.54) is 25.3 Å². The highest BCUT2D eigenvalue weighted by Gasteiger charge is 2.38. The first-order chi connectivity index (χ1) is 18.8. The Bertz CT molecular complexity index is 1490. The Hall–Kier alpha value is -4.98. The van der Waals surface area contributed by atoms with Crippen LogP contribution in [-0.4, -0.2) is 30.6 Å². The first-order valence-electron chi connectivity index (χ1n) is 12.3. The number of nitro groups is 1. The van der Waals surface area contributed by atoms with Gasteiger partial charge < -0.3 is 14.8 Å². The van der Waals surface area contributed by atoms with Crippen molar-refractivity contribution >= 4 is 29.3 Å². The fourth-order valence-electron chi connectivity index (χ4n) is 4.63. The molecular weight excluding hydrogens is 496 g/mol. The SMILES string of the molecule is COC(=O)C1=C(C)NC(C)=C(C(=O)OCC(=Cc2ccccc2)c2ccccc2)C1c1cccc([N+](=O)[O-])c1. The summed E-state index contributed by atoms with van der Waals surface area (Å²) < 4.78 is 10.9. The fraction of sp³-hybridized carbons (Fsp3) is 0.161. The fourth-order valence-corrected chi connectivity index (χ4v) is 4.63. The number of hydrogen-bond acceptors (Lipinski definition) is 7. The van der Waals surface area contributed by atoms with Crippen LogP contribution >= 0.6 is 0 Å². The quantitative estimate of drug-likeness (QED) is 0.172. The van der Waals surface area contributed by atoms with Crippen LogP contribution in [0.2, 0.25) is 0 Å². The summed E-state index contributed by atoms with van der Waals surface area (Å²) in [5, 5.41) is 14.6. The summed E-state index contributed by atoms with van der Waals surface area (Å²) in [6.45, 7) is 3.36. The Kier molecular flexibility index (Phi) is 8.36. The van der Waals surface area contributed by atoms with Gasteiger partial charge in [0, 0.05) is 23.5 Å². The third-order valence-corrected chi connectivity index (χ3v) is 6.44. The van der Waals surface area contributed by atoms with Gasteiger partial charge in [-0.15, -0.1) is 0 Å². The third-order valence-electron chi connectivity index (χ3n) is 6.44. The topological polar surface area (TPSA) is 108 Å². The van der Waals surface area contributed by atoms with Gasteiger partial charge in [0.2, 0.25) is 0 Å². The number of nitrogens with zero attached hydrogens (tertiary/aromatic N) is 1. The molecule has 0 aliphatic carbocycles. The minimum Gasteiger partial charge on any atom is -0.466 e. The third kappa shape index (κ3) is 6.13. The van der Waals surface area contributed by atoms with Gasteiger partial charge in [-0.05, 0) is 42.2 Å². The van der Waals surface area contributed by atoms with Gasteiger partial charge in [-0.25, -0.2) is 9.59 Å². The van der Waals surface area contributed by atoms with Gasteiger partial charge in [0.25, 0.3) is 5.69 Å². The Morgan fingerprint density at radius 1 is 0.897 bits per heavy atom. The normalized spacial score (nSPS) is 15.5. The lowest BCUT2D eigenvalue weighted by Crippen LogP contribution is -2.32. The summed E-state index contributed by atoms with van der Waals surface area (Å²) in [7, 11) is 1.25. The Balaban J connectivity index is 1.72. The van der Waals surface area contributed by atoms with E-state index < -0.39 is 22.8 Å². The lowest BCUT2D eigenvalue weighted by atomic mass is 9.80. The van der Waals surface area contributed by atoms with Crippen LogP contribution in [0.25, 0.3) is 11.6 Å². The van der Waals surface area contributed by atoms with Gasteiger partial charge in [0.05, 0.1) is 29.1 Å². The predicted octanol–water partition coefficient (Wildman–Crippen LogP) is 5.79. The molecule has 1 heterocycles. The smallest absolute Gasteiger partial charge is 0.337 e. The molecule has 1 atom stereocenters. The molecule has 3 aromatic rings. The summed E-state index contributed by atoms with van der Waals surface area (Å²) in [6, 6.07) is 25.1. The highest BCUT2D eigenvalue weighted by molar-refractivity contribution is 6.00. The number of rotatable bonds is 8. The first kappa shape index (κ1) is 27.1. The van der Waals surface area contributed by atoms with E-state index in [4.69, 9.17) is 9.47 Å². The molecule has 0 fully saturated rings. The molecule has 8 heteroatoms. The number of benzene rings is 3. The second-order valence-corrected chi connectivity index (χ2v) is 9.00. The van der Waals surface area contributed by atoms with Crippen LogP contribution in [0.5, 0.6) is 0 Å². The van der Waals surface area contributed by atoms with Crippen molar-refractivity contribution in [1.82, 2.24) is 5.32 Å². The Morgan fingerprint density at radius 2 is 1.51 bits per heavy atom. The Morgan fingerprint density at radius 3 is 2.13 bits per heavy atom. The van der Waals surface area contributed by atoms with Gasteiger partial charge >= 0.3 is 11.9 Å². The maximum Gasteiger partial charge on any atom is 0.337 e. The molecule has 39 heavy (non-hydrogen) atoms. The van der Waals surface area contributed by atoms with Crippen molar-refractivity contribution in [3.63, 3.8) is 0 Å². The van der Waals surface area contributed by atoms with Crippen molar-refractivity contribution in [2.45, 2.75) is 19.8 Å². The molecule has 1 aliphatic rings. The van der Waals surface area contributed by atoms with Gasteiger partial charge in [-0.1, -0.05) is 72.8 Å². The summed E-state index contributed by atoms with van der Waals surface area (Å²) in [5.41, 5.74) is 4.19. The second kappa shape index (κ2) is 12.0. The number of nitrogens with one attached hydrogen (secondary N) is 1. The zero-order valence-electron chi connectivity index (χ0n) is 21.8. The van der Waals surface area contributed by atoms with Crippen molar-refractivity contribution in [2.75, 3.05) is 13.7 Å². The highest BCUT2D eigenvalue weighted by Crippen LogP contribution is 2.40. The van der Waals surface area contributed by atoms with Crippen molar-refractivity contribution in [3.8, 4) is 0 Å². The molecule has 8 nitrogen and oxygen atoms in total. The van der Waals surface area contributed by atoms with E-state index in [2.05, 4.69) is 5.32 Å². The lowest BCUT2D eigenvalue weighted by Gasteiger charge is -2.30. The number of esters is 2. The molecule has 198 valence electrons. The molecule has 4 rings (SSSR count). The maximum absolute atomic E-state index is 13.7. The van der Waals surface area contributed by atoms with E-state index in [1.807, 2.05) is 66.7 Å². The van der Waals surface area contributed by atoms with Crippen LogP contribution in [-0.2, 0) is 19.1 Å². The molecule has 0 saturated heterocycles. The maximum atomic E-state index is 13.7. The van der Waals surface area contributed by atoms with Gasteiger partial charge in [-0.3, -0.25) is 10.1 Å². The van der Waals surface area contributed by atoms with E-state index in [9.17, 15) is 19.7 Å². The highest BCUT2D eigenvalue weighted by atomic mass is 16.6. The molecule has 1 aliphatic heterocycles. The molecule has 1 N–H and O–H groups in total. The Labute approximate surface area is 226 Å². The van der Waals surface area contributed by atoms with E-state index in [0.717, 1.165) is 16.7 Å². The number of ether oxygens (including phenoxy) is 2. The molecule has 0 saturated carbocycles. The standard InChI is InChI=1S/C31H28N2O6/c1-20-27(30(34)38-3)29(24-15-10-16-26(18-24)33(36)37)28(21(2)32-20)31(35)39-19-25(23-13-8-5-9-14-23)17-22-11-6-4-7-12-22/h4-18,29,32H,19H2,1-3H3. The predicted molar refractivity (Wildman–Crippen MR) is 148 cm³/mol. The minimum absolute atomic E-state index is 0.0353. The number of nitro benzene ring substituents is 1. The molecule has 1 unspecified atom stereocenters. The number of non-ortho nitro benzene ring substituents is 1. The van der Waals surface area contributed by atoms with Crippen LogP contribution in [0, 0.1) is 10.1 Å². The van der Waals surface area contributed by atoms with Gasteiger partial charge in [0.1, 0.15) is 6.61 Å². The van der Waals surface area contributed by atoms with Crippen molar-refractivity contribution in [3.05, 3.63) is 134 Å². The van der Waals surface area contributed by atoms with Crippen LogP contribution in [0.4, 0.5) is 5.69 Å². The van der Waals surface area contributed by atoms with Crippen LogP contribution in [0.3, 0.4) is 0 Å². The van der Waals surface area contributed by atoms with Gasteiger partial charge in [-0.2, -0.15) is 0 Å². The van der Waals surface area contributed by atoms with E-state index >= 15 is 0 Å². The zero-order valence-corrected chi connectivity index (χ0v) is 21.8. The molecule has 0 spiro atoms. The second-order valence-electron chi connectivity index (χ2n) is 9.00. The molecule has 0 bridgehead atoms. The summed E-state index contributed by atoms with van der Waals surface area (Å²) in [4.78, 5) is 37.6. The lowest BCUT2D eigenvalue weighted by molar-refractivity contribution is -0.384. The summed E-state index contributed by atoms with van der Waals surface area (Å²) in [6.07, 6.45) is 1.95. The van der Waals surface area contributed by atoms with Crippen LogP contribution in [0.15, 0.2) is 107 Å². The first-order valence-corrected chi connectivity index (χ1v) is 12.3. The van der Waals surface area contributed by atoms with Crippen LogP contribution in [0.1, 0.15) is 36.5 Å². The van der Waals surface area contributed by atoms with E-state index in [1.54, 1.807) is 19.9 Å². The number of hydrogen-bond donors (Lipinski definition) is 1. The van der Waals surface area contributed by atoms with Crippen molar-refractivity contribution in [1.29, 1.82) is 0 Å². The minimum atomic E-state index is -0.927. The van der Waals surface area contributed by atoms with E-state index in [-0.39, 0.29) is 23.4 Å². The van der Waals surface area contributed by atoms with Gasteiger partial charge in [0.15, 0.2) is 0 Å². The zero-order chi connectivity index (χ0) is 27.9. The number of allylic oxidation sites excluding steroid dienone is 2.